The van der Waals surface area contributed by atoms with E-state index >= 15 is 0 Å². The Morgan fingerprint density at radius 2 is 1.97 bits per heavy atom. The number of amides is 1. The average Bonchev–Trinajstić information content (AvgIpc) is 2.83. The van der Waals surface area contributed by atoms with E-state index in [0.29, 0.717) is 11.3 Å². The molecule has 0 spiro atoms. The number of fused-ring (bicyclic) bond motifs is 1. The first-order valence-electron chi connectivity index (χ1n) is 9.57. The number of β-lactam (4-membered cyclic amide) rings is 1. The molecule has 5 atom stereocenters. The number of nitrogens with one attached hydrogen (secondary N) is 1. The molecule has 12 heteroatoms. The summed E-state index contributed by atoms with van der Waals surface area (Å²) in [6.45, 7) is 5.47. The van der Waals surface area contributed by atoms with Crippen LogP contribution >= 0.6 is 11.8 Å². The molecule has 0 aromatic rings. The van der Waals surface area contributed by atoms with Crippen molar-refractivity contribution in [3.05, 3.63) is 10.6 Å². The Morgan fingerprint density at radius 1 is 1.34 bits per heavy atom. The largest absolute Gasteiger partial charge is 0.477 e. The van der Waals surface area contributed by atoms with E-state index in [1.54, 1.807) is 6.92 Å². The maximum absolute atomic E-state index is 12.3. The van der Waals surface area contributed by atoms with Gasteiger partial charge in [0, 0.05) is 35.7 Å². The number of hydrogen-bond acceptors (Lipinski definition) is 7. The van der Waals surface area contributed by atoms with Crippen molar-refractivity contribution < 1.29 is 33.3 Å². The first-order chi connectivity index (χ1) is 13.5. The molecular formula is C17H27N3O7S2. The van der Waals surface area contributed by atoms with Crippen molar-refractivity contribution in [2.75, 3.05) is 19.6 Å². The van der Waals surface area contributed by atoms with Gasteiger partial charge >= 0.3 is 5.97 Å². The maximum atomic E-state index is 12.3. The van der Waals surface area contributed by atoms with Crippen LogP contribution in [0.4, 0.5) is 0 Å². The highest BCUT2D eigenvalue weighted by Gasteiger charge is 2.60. The molecule has 3 aliphatic rings. The van der Waals surface area contributed by atoms with Gasteiger partial charge < -0.3 is 20.2 Å². The van der Waals surface area contributed by atoms with Crippen molar-refractivity contribution in [1.82, 2.24) is 13.9 Å². The van der Waals surface area contributed by atoms with Gasteiger partial charge in [0.15, 0.2) is 0 Å². The fraction of sp³-hybridized carbons (Fsp3) is 0.765. The first kappa shape index (κ1) is 22.5. The number of carboxylic acid groups (broad SMARTS) is 1. The van der Waals surface area contributed by atoms with Crippen molar-refractivity contribution in [2.24, 2.45) is 11.8 Å². The maximum Gasteiger partial charge on any atom is 0.353 e. The van der Waals surface area contributed by atoms with Crippen LogP contribution in [-0.4, -0.2) is 88.0 Å². The Balaban J connectivity index is 1.65. The van der Waals surface area contributed by atoms with Crippen LogP contribution in [0, 0.1) is 11.8 Å². The molecule has 3 rings (SSSR count). The minimum atomic E-state index is -3.70. The number of aliphatic carboxylic acids is 1. The van der Waals surface area contributed by atoms with Gasteiger partial charge in [-0.15, -0.1) is 11.8 Å². The molecule has 4 N–H and O–H groups in total. The number of aliphatic hydroxyl groups excluding tert-OH is 2. The Morgan fingerprint density at radius 3 is 2.48 bits per heavy atom. The highest BCUT2D eigenvalue weighted by molar-refractivity contribution is 8.04. The van der Waals surface area contributed by atoms with Crippen molar-refractivity contribution in [1.29, 1.82) is 0 Å². The third-order valence-corrected chi connectivity index (χ3v) is 8.69. The third-order valence-electron chi connectivity index (χ3n) is 5.73. The van der Waals surface area contributed by atoms with Gasteiger partial charge in [0.05, 0.1) is 24.2 Å². The van der Waals surface area contributed by atoms with E-state index in [1.165, 1.54) is 27.9 Å². The zero-order valence-corrected chi connectivity index (χ0v) is 18.1. The zero-order valence-electron chi connectivity index (χ0n) is 16.5. The number of carbonyl (C=O) groups excluding carboxylic acids is 1. The molecule has 0 saturated carbocycles. The van der Waals surface area contributed by atoms with Crippen LogP contribution in [0.15, 0.2) is 10.6 Å². The normalized spacial score (nSPS) is 30.0. The van der Waals surface area contributed by atoms with Gasteiger partial charge in [0.25, 0.3) is 10.2 Å². The number of carbonyl (C=O) groups is 2. The molecule has 2 saturated heterocycles. The Labute approximate surface area is 174 Å². The quantitative estimate of drug-likeness (QED) is 0.333. The molecule has 0 aromatic heterocycles. The van der Waals surface area contributed by atoms with Gasteiger partial charge in [-0.25, -0.2) is 4.79 Å². The Bertz CT molecular complexity index is 823. The Hall–Kier alpha value is -1.18. The van der Waals surface area contributed by atoms with E-state index in [1.807, 2.05) is 6.92 Å². The van der Waals surface area contributed by atoms with Crippen molar-refractivity contribution in [3.8, 4) is 0 Å². The average molecular weight is 450 g/mol. The fourth-order valence-electron chi connectivity index (χ4n) is 3.97. The standard InChI is InChI=1S/C17H27N3O7S2/c1-4-10(22)5-18-29(26,27)19-6-11(7-19)28-15-8(2)13-12(9(3)21)16(23)20(13)14(15)17(24)25/h8-13,18,21-22H,4-7H2,1-3H3,(H,24,25)/t8-,9-,10?,12-,13-/m1/s1. The molecule has 3 heterocycles. The van der Waals surface area contributed by atoms with Gasteiger partial charge in [-0.05, 0) is 13.3 Å². The summed E-state index contributed by atoms with van der Waals surface area (Å²) in [5.74, 6) is -2.45. The number of aliphatic hydroxyl groups is 2. The summed E-state index contributed by atoms with van der Waals surface area (Å²) in [5.41, 5.74) is -0.0556. The summed E-state index contributed by atoms with van der Waals surface area (Å²) in [6.07, 6.45) is -1.17. The molecule has 1 unspecified atom stereocenters. The van der Waals surface area contributed by atoms with Crippen LogP contribution in [0.2, 0.25) is 0 Å². The predicted molar refractivity (Wildman–Crippen MR) is 106 cm³/mol. The summed E-state index contributed by atoms with van der Waals surface area (Å²) >= 11 is 1.29. The minimum Gasteiger partial charge on any atom is -0.477 e. The second kappa shape index (κ2) is 8.16. The molecule has 0 aromatic carbocycles. The summed E-state index contributed by atoms with van der Waals surface area (Å²) in [5, 5.41) is 28.9. The molecular weight excluding hydrogens is 422 g/mol. The van der Waals surface area contributed by atoms with E-state index in [2.05, 4.69) is 4.72 Å². The van der Waals surface area contributed by atoms with Crippen molar-refractivity contribution in [2.45, 2.75) is 50.7 Å². The predicted octanol–water partition coefficient (Wildman–Crippen LogP) is -0.837. The van der Waals surface area contributed by atoms with Crippen molar-refractivity contribution >= 4 is 33.8 Å². The smallest absolute Gasteiger partial charge is 0.353 e. The number of rotatable bonds is 9. The summed E-state index contributed by atoms with van der Waals surface area (Å²) in [7, 11) is -3.70. The molecule has 0 bridgehead atoms. The van der Waals surface area contributed by atoms with Gasteiger partial charge in [-0.2, -0.15) is 17.4 Å². The summed E-state index contributed by atoms with van der Waals surface area (Å²) in [6, 6.07) is -0.381. The van der Waals surface area contributed by atoms with E-state index in [0.717, 1.165) is 0 Å². The van der Waals surface area contributed by atoms with E-state index in [-0.39, 0.29) is 48.4 Å². The lowest BCUT2D eigenvalue weighted by Crippen LogP contribution is -2.63. The third kappa shape index (κ3) is 3.93. The lowest BCUT2D eigenvalue weighted by Gasteiger charge is -2.46. The van der Waals surface area contributed by atoms with E-state index in [4.69, 9.17) is 0 Å². The van der Waals surface area contributed by atoms with Crippen LogP contribution in [0.3, 0.4) is 0 Å². The van der Waals surface area contributed by atoms with Gasteiger partial charge in [0.2, 0.25) is 5.91 Å². The lowest BCUT2D eigenvalue weighted by molar-refractivity contribution is -0.163. The highest BCUT2D eigenvalue weighted by Crippen LogP contribution is 2.52. The summed E-state index contributed by atoms with van der Waals surface area (Å²) in [4.78, 5) is 25.9. The molecule has 0 aliphatic carbocycles. The molecule has 29 heavy (non-hydrogen) atoms. The topological polar surface area (TPSA) is 147 Å². The first-order valence-corrected chi connectivity index (χ1v) is 11.9. The van der Waals surface area contributed by atoms with Crippen LogP contribution < -0.4 is 4.72 Å². The van der Waals surface area contributed by atoms with Crippen LogP contribution in [-0.2, 0) is 19.8 Å². The van der Waals surface area contributed by atoms with Crippen molar-refractivity contribution in [3.63, 3.8) is 0 Å². The zero-order chi connectivity index (χ0) is 21.7. The second-order valence-electron chi connectivity index (χ2n) is 7.74. The monoisotopic (exact) mass is 449 g/mol. The molecule has 0 radical (unpaired) electrons. The van der Waals surface area contributed by atoms with Gasteiger partial charge in [0.1, 0.15) is 5.70 Å². The molecule has 3 aliphatic heterocycles. The number of hydrogen-bond donors (Lipinski definition) is 4. The fourth-order valence-corrected chi connectivity index (χ4v) is 7.01. The van der Waals surface area contributed by atoms with Gasteiger partial charge in [-0.3, -0.25) is 4.79 Å². The second-order valence-corrected chi connectivity index (χ2v) is 10.8. The minimum absolute atomic E-state index is 0.0556. The summed E-state index contributed by atoms with van der Waals surface area (Å²) < 4.78 is 28.1. The Kier molecular flexibility index (Phi) is 6.33. The van der Waals surface area contributed by atoms with Gasteiger partial charge in [-0.1, -0.05) is 13.8 Å². The number of thioether (sulfide) groups is 1. The van der Waals surface area contributed by atoms with Crippen LogP contribution in [0.5, 0.6) is 0 Å². The van der Waals surface area contributed by atoms with E-state index < -0.39 is 34.3 Å². The van der Waals surface area contributed by atoms with Crippen LogP contribution in [0.25, 0.3) is 0 Å². The number of nitrogens with zero attached hydrogens (tertiary/aromatic N) is 2. The molecule has 164 valence electrons. The molecule has 10 nitrogen and oxygen atoms in total. The molecule has 1 amide bonds. The number of carboxylic acids is 1. The lowest BCUT2D eigenvalue weighted by atomic mass is 9.79. The van der Waals surface area contributed by atoms with E-state index in [9.17, 15) is 33.3 Å². The SMILES string of the molecule is CCC(O)CNS(=O)(=O)N1CC(SC2=C(C(=O)O)N3C(=O)[C@H]([C@@H](C)O)[C@H]3[C@H]2C)C1. The van der Waals surface area contributed by atoms with Crippen LogP contribution in [0.1, 0.15) is 27.2 Å². The molecule has 2 fully saturated rings. The highest BCUT2D eigenvalue weighted by atomic mass is 32.2.